The van der Waals surface area contributed by atoms with Crippen molar-refractivity contribution in [1.82, 2.24) is 0 Å². The fourth-order valence-electron chi connectivity index (χ4n) is 1.43. The highest BCUT2D eigenvalue weighted by Gasteiger charge is 2.19. The van der Waals surface area contributed by atoms with E-state index in [0.29, 0.717) is 6.42 Å². The Hall–Kier alpha value is -1.49. The van der Waals surface area contributed by atoms with Crippen LogP contribution in [0.2, 0.25) is 0 Å². The molecule has 0 fully saturated rings. The summed E-state index contributed by atoms with van der Waals surface area (Å²) >= 11 is 1.17. The summed E-state index contributed by atoms with van der Waals surface area (Å²) in [5, 5.41) is 8.38. The summed E-state index contributed by atoms with van der Waals surface area (Å²) in [4.78, 5) is 24.3. The first-order chi connectivity index (χ1) is 8.56. The lowest BCUT2D eigenvalue weighted by atomic mass is 10.3. The molecule has 18 heavy (non-hydrogen) atoms. The molecule has 0 heterocycles. The first-order valence-electron chi connectivity index (χ1n) is 5.72. The van der Waals surface area contributed by atoms with Gasteiger partial charge in [0.2, 0.25) is 5.91 Å². The first kappa shape index (κ1) is 14.6. The topological polar surface area (TPSA) is 57.6 Å². The van der Waals surface area contributed by atoms with E-state index in [4.69, 9.17) is 5.11 Å². The molecule has 0 aliphatic heterocycles. The number of carbonyl (C=O) groups is 2. The highest BCUT2D eigenvalue weighted by molar-refractivity contribution is 8.01. The standard InChI is InChI=1S/C13H17NO3S/c1-3-11(13(16)17)18-9-12(15)14(2)10-7-5-4-6-8-10/h4-8,11H,3,9H2,1-2H3,(H,16,17). The van der Waals surface area contributed by atoms with Gasteiger partial charge >= 0.3 is 5.97 Å². The molecule has 0 saturated carbocycles. The molecule has 0 aromatic heterocycles. The maximum Gasteiger partial charge on any atom is 0.316 e. The largest absolute Gasteiger partial charge is 0.480 e. The lowest BCUT2D eigenvalue weighted by Gasteiger charge is -2.18. The SMILES string of the molecule is CCC(SCC(=O)N(C)c1ccccc1)C(=O)O. The number of hydrogen-bond donors (Lipinski definition) is 1. The number of rotatable bonds is 6. The van der Waals surface area contributed by atoms with Gasteiger partial charge in [-0.3, -0.25) is 9.59 Å². The van der Waals surface area contributed by atoms with Gasteiger partial charge in [0.1, 0.15) is 5.25 Å². The zero-order valence-electron chi connectivity index (χ0n) is 10.5. The van der Waals surface area contributed by atoms with Crippen molar-refractivity contribution in [2.24, 2.45) is 0 Å². The van der Waals surface area contributed by atoms with E-state index < -0.39 is 11.2 Å². The minimum absolute atomic E-state index is 0.0918. The van der Waals surface area contributed by atoms with Gasteiger partial charge in [-0.15, -0.1) is 11.8 Å². The molecular weight excluding hydrogens is 250 g/mol. The van der Waals surface area contributed by atoms with E-state index in [1.807, 2.05) is 30.3 Å². The van der Waals surface area contributed by atoms with Crippen LogP contribution in [-0.2, 0) is 9.59 Å². The van der Waals surface area contributed by atoms with Crippen LogP contribution < -0.4 is 4.90 Å². The number of aliphatic carboxylic acids is 1. The molecule has 0 saturated heterocycles. The first-order valence-corrected chi connectivity index (χ1v) is 6.77. The molecule has 1 aromatic rings. The van der Waals surface area contributed by atoms with Crippen molar-refractivity contribution in [3.05, 3.63) is 30.3 Å². The van der Waals surface area contributed by atoms with Crippen LogP contribution in [0.5, 0.6) is 0 Å². The predicted molar refractivity (Wildman–Crippen MR) is 74.0 cm³/mol. The van der Waals surface area contributed by atoms with Crippen LogP contribution in [0.3, 0.4) is 0 Å². The number of carboxylic acid groups (broad SMARTS) is 1. The van der Waals surface area contributed by atoms with Gasteiger partial charge in [-0.05, 0) is 18.6 Å². The zero-order valence-corrected chi connectivity index (χ0v) is 11.3. The molecule has 98 valence electrons. The van der Waals surface area contributed by atoms with Crippen LogP contribution in [0.4, 0.5) is 5.69 Å². The van der Waals surface area contributed by atoms with E-state index in [1.165, 1.54) is 11.8 Å². The Morgan fingerprint density at radius 3 is 2.44 bits per heavy atom. The number of amides is 1. The van der Waals surface area contributed by atoms with E-state index >= 15 is 0 Å². The smallest absolute Gasteiger partial charge is 0.316 e. The van der Waals surface area contributed by atoms with Crippen molar-refractivity contribution in [3.8, 4) is 0 Å². The molecule has 1 N–H and O–H groups in total. The van der Waals surface area contributed by atoms with Crippen LogP contribution in [0.15, 0.2) is 30.3 Å². The van der Waals surface area contributed by atoms with Gasteiger partial charge in [-0.2, -0.15) is 0 Å². The van der Waals surface area contributed by atoms with Gasteiger partial charge < -0.3 is 10.0 Å². The lowest BCUT2D eigenvalue weighted by molar-refractivity contribution is -0.136. The highest BCUT2D eigenvalue weighted by Crippen LogP contribution is 2.17. The van der Waals surface area contributed by atoms with Crippen molar-refractivity contribution in [2.75, 3.05) is 17.7 Å². The van der Waals surface area contributed by atoms with Crippen molar-refractivity contribution >= 4 is 29.3 Å². The average Bonchev–Trinajstić information content (AvgIpc) is 2.39. The fourth-order valence-corrected chi connectivity index (χ4v) is 2.34. The predicted octanol–water partition coefficient (Wildman–Crippen LogP) is 2.25. The van der Waals surface area contributed by atoms with Crippen molar-refractivity contribution in [3.63, 3.8) is 0 Å². The molecule has 0 aliphatic rings. The van der Waals surface area contributed by atoms with Gasteiger partial charge in [0, 0.05) is 12.7 Å². The molecule has 0 bridgehead atoms. The third kappa shape index (κ3) is 4.07. The van der Waals surface area contributed by atoms with Crippen molar-refractivity contribution in [2.45, 2.75) is 18.6 Å². The van der Waals surface area contributed by atoms with E-state index in [0.717, 1.165) is 5.69 Å². The molecule has 1 amide bonds. The van der Waals surface area contributed by atoms with E-state index in [-0.39, 0.29) is 11.7 Å². The number of nitrogens with zero attached hydrogens (tertiary/aromatic N) is 1. The Labute approximate surface area is 111 Å². The van der Waals surface area contributed by atoms with Crippen LogP contribution in [-0.4, -0.2) is 35.0 Å². The Morgan fingerprint density at radius 1 is 1.33 bits per heavy atom. The molecule has 4 nitrogen and oxygen atoms in total. The number of thioether (sulfide) groups is 1. The summed E-state index contributed by atoms with van der Waals surface area (Å²) in [6.07, 6.45) is 0.516. The second-order valence-corrected chi connectivity index (χ2v) is 5.03. The second-order valence-electron chi connectivity index (χ2n) is 3.83. The van der Waals surface area contributed by atoms with Crippen LogP contribution in [0, 0.1) is 0 Å². The molecule has 0 spiro atoms. The van der Waals surface area contributed by atoms with E-state index in [1.54, 1.807) is 18.9 Å². The van der Waals surface area contributed by atoms with Crippen molar-refractivity contribution < 1.29 is 14.7 Å². The maximum absolute atomic E-state index is 11.9. The molecule has 0 radical (unpaired) electrons. The Morgan fingerprint density at radius 2 is 1.94 bits per heavy atom. The quantitative estimate of drug-likeness (QED) is 0.859. The van der Waals surface area contributed by atoms with E-state index in [9.17, 15) is 9.59 Å². The van der Waals surface area contributed by atoms with Crippen LogP contribution >= 0.6 is 11.8 Å². The third-order valence-corrected chi connectivity index (χ3v) is 3.92. The Kier molecular flexibility index (Phi) is 5.71. The van der Waals surface area contributed by atoms with Gasteiger partial charge in [-0.1, -0.05) is 25.1 Å². The normalized spacial score (nSPS) is 11.9. The molecule has 1 aromatic carbocycles. The Balaban J connectivity index is 2.53. The molecular formula is C13H17NO3S. The number of para-hydroxylation sites is 1. The number of hydrogen-bond acceptors (Lipinski definition) is 3. The van der Waals surface area contributed by atoms with Gasteiger partial charge in [0.25, 0.3) is 0 Å². The minimum Gasteiger partial charge on any atom is -0.480 e. The molecule has 1 rings (SSSR count). The summed E-state index contributed by atoms with van der Waals surface area (Å²) in [6, 6.07) is 9.29. The highest BCUT2D eigenvalue weighted by atomic mass is 32.2. The minimum atomic E-state index is -0.863. The molecule has 5 heteroatoms. The van der Waals surface area contributed by atoms with Crippen LogP contribution in [0.1, 0.15) is 13.3 Å². The monoisotopic (exact) mass is 267 g/mol. The lowest BCUT2D eigenvalue weighted by Crippen LogP contribution is -2.29. The van der Waals surface area contributed by atoms with Crippen molar-refractivity contribution in [1.29, 1.82) is 0 Å². The molecule has 0 aliphatic carbocycles. The van der Waals surface area contributed by atoms with Gasteiger partial charge in [0.05, 0.1) is 5.75 Å². The Bertz CT molecular complexity index is 408. The third-order valence-electron chi connectivity index (χ3n) is 2.57. The maximum atomic E-state index is 11.9. The summed E-state index contributed by atoms with van der Waals surface area (Å²) < 4.78 is 0. The number of anilines is 1. The number of carboxylic acids is 1. The number of benzene rings is 1. The zero-order chi connectivity index (χ0) is 13.5. The van der Waals surface area contributed by atoms with Gasteiger partial charge in [-0.25, -0.2) is 0 Å². The van der Waals surface area contributed by atoms with E-state index in [2.05, 4.69) is 0 Å². The molecule has 1 unspecified atom stereocenters. The summed E-state index contributed by atoms with van der Waals surface area (Å²) in [5.74, 6) is -0.778. The van der Waals surface area contributed by atoms with Crippen LogP contribution in [0.25, 0.3) is 0 Å². The summed E-state index contributed by atoms with van der Waals surface area (Å²) in [7, 11) is 1.69. The second kappa shape index (κ2) is 7.06. The summed E-state index contributed by atoms with van der Waals surface area (Å²) in [5.41, 5.74) is 0.812. The van der Waals surface area contributed by atoms with Gasteiger partial charge in [0.15, 0.2) is 0 Å². The fraction of sp³-hybridized carbons (Fsp3) is 0.385. The average molecular weight is 267 g/mol. The summed E-state index contributed by atoms with van der Waals surface area (Å²) in [6.45, 7) is 1.80. The molecule has 1 atom stereocenters. The number of carbonyl (C=O) groups excluding carboxylic acids is 1.